The normalized spacial score (nSPS) is 17.1. The summed E-state index contributed by atoms with van der Waals surface area (Å²) in [5.74, 6) is -1.25. The van der Waals surface area contributed by atoms with E-state index in [1.165, 1.54) is 32.6 Å². The van der Waals surface area contributed by atoms with E-state index in [2.05, 4.69) is 4.72 Å². The van der Waals surface area contributed by atoms with Gasteiger partial charge < -0.3 is 4.74 Å². The highest BCUT2D eigenvalue weighted by atomic mass is 32.2. The number of para-hydroxylation sites is 1. The first-order valence-corrected chi connectivity index (χ1v) is 11.5. The Balaban J connectivity index is 2.09. The molecule has 1 aliphatic rings. The molecule has 0 aliphatic heterocycles. The molecule has 1 N–H and O–H groups in total. The number of nitro groups is 1. The highest BCUT2D eigenvalue weighted by Crippen LogP contribution is 2.31. The summed E-state index contributed by atoms with van der Waals surface area (Å²) in [4.78, 5) is 34.7. The summed E-state index contributed by atoms with van der Waals surface area (Å²) in [6, 6.07) is 3.77. The van der Waals surface area contributed by atoms with Crippen molar-refractivity contribution in [3.63, 3.8) is 0 Å². The number of hydrogen-bond acceptors (Lipinski definition) is 7. The molecule has 1 aromatic carbocycles. The number of methoxy groups -OCH3 is 1. The SMILES string of the molecule is COC(=O)[C@@H](CC(=O)[C@H](C)NS(=O)(=O)c1ccccc1[N+](=O)[O-])CC1CCCCC1. The fraction of sp³-hybridized carbons (Fsp3) is 0.600. The van der Waals surface area contributed by atoms with E-state index in [0.717, 1.165) is 37.8 Å². The van der Waals surface area contributed by atoms with Crippen LogP contribution in [0.5, 0.6) is 0 Å². The van der Waals surface area contributed by atoms with Crippen LogP contribution in [-0.4, -0.2) is 38.2 Å². The Labute approximate surface area is 176 Å². The van der Waals surface area contributed by atoms with Crippen LogP contribution in [0, 0.1) is 22.0 Å². The summed E-state index contributed by atoms with van der Waals surface area (Å²) in [5.41, 5.74) is -0.575. The molecule has 0 radical (unpaired) electrons. The molecule has 0 bridgehead atoms. The molecule has 2 atom stereocenters. The van der Waals surface area contributed by atoms with Crippen molar-refractivity contribution in [2.45, 2.75) is 62.8 Å². The van der Waals surface area contributed by atoms with E-state index in [1.807, 2.05) is 0 Å². The van der Waals surface area contributed by atoms with Crippen molar-refractivity contribution in [3.8, 4) is 0 Å². The Bertz CT molecular complexity index is 879. The highest BCUT2D eigenvalue weighted by Gasteiger charge is 2.32. The van der Waals surface area contributed by atoms with E-state index in [1.54, 1.807) is 0 Å². The van der Waals surface area contributed by atoms with Gasteiger partial charge in [-0.25, -0.2) is 13.1 Å². The average molecular weight is 441 g/mol. The summed E-state index contributed by atoms with van der Waals surface area (Å²) >= 11 is 0. The van der Waals surface area contributed by atoms with Gasteiger partial charge in [0, 0.05) is 12.5 Å². The molecular formula is C20H28N2O7S. The second-order valence-corrected chi connectivity index (χ2v) is 9.38. The van der Waals surface area contributed by atoms with Gasteiger partial charge in [0.05, 0.1) is 24.0 Å². The van der Waals surface area contributed by atoms with Crippen LogP contribution in [0.4, 0.5) is 5.69 Å². The van der Waals surface area contributed by atoms with Crippen LogP contribution in [0.1, 0.15) is 51.9 Å². The molecule has 0 amide bonds. The van der Waals surface area contributed by atoms with Gasteiger partial charge >= 0.3 is 5.97 Å². The highest BCUT2D eigenvalue weighted by molar-refractivity contribution is 7.89. The smallest absolute Gasteiger partial charge is 0.309 e. The molecule has 0 aromatic heterocycles. The van der Waals surface area contributed by atoms with Crippen LogP contribution in [-0.2, 0) is 24.3 Å². The number of rotatable bonds is 10. The lowest BCUT2D eigenvalue weighted by Gasteiger charge is -2.25. The van der Waals surface area contributed by atoms with Crippen molar-refractivity contribution < 1.29 is 27.7 Å². The van der Waals surface area contributed by atoms with E-state index >= 15 is 0 Å². The third-order valence-electron chi connectivity index (χ3n) is 5.49. The van der Waals surface area contributed by atoms with Crippen LogP contribution >= 0.6 is 0 Å². The number of esters is 1. The Morgan fingerprint density at radius 1 is 1.23 bits per heavy atom. The van der Waals surface area contributed by atoms with Crippen LogP contribution < -0.4 is 4.72 Å². The number of nitro benzene ring substituents is 1. The third-order valence-corrected chi connectivity index (χ3v) is 7.08. The van der Waals surface area contributed by atoms with Crippen molar-refractivity contribution >= 4 is 27.5 Å². The van der Waals surface area contributed by atoms with E-state index in [4.69, 9.17) is 4.74 Å². The second kappa shape index (κ2) is 10.6. The first kappa shape index (κ1) is 23.9. The number of nitrogens with zero attached hydrogens (tertiary/aromatic N) is 1. The van der Waals surface area contributed by atoms with E-state index in [9.17, 15) is 28.1 Å². The largest absolute Gasteiger partial charge is 0.469 e. The minimum atomic E-state index is -4.30. The lowest BCUT2D eigenvalue weighted by Crippen LogP contribution is -2.40. The summed E-state index contributed by atoms with van der Waals surface area (Å²) in [6.45, 7) is 1.36. The fourth-order valence-corrected chi connectivity index (χ4v) is 5.27. The second-order valence-electron chi connectivity index (χ2n) is 7.70. The van der Waals surface area contributed by atoms with Crippen LogP contribution in [0.15, 0.2) is 29.2 Å². The minimum absolute atomic E-state index is 0.149. The molecular weight excluding hydrogens is 412 g/mol. The minimum Gasteiger partial charge on any atom is -0.469 e. The lowest BCUT2D eigenvalue weighted by atomic mass is 9.81. The van der Waals surface area contributed by atoms with Crippen LogP contribution in [0.3, 0.4) is 0 Å². The molecule has 166 valence electrons. The summed E-state index contributed by atoms with van der Waals surface area (Å²) in [7, 11) is -3.03. The lowest BCUT2D eigenvalue weighted by molar-refractivity contribution is -0.387. The standard InChI is InChI=1S/C20H28N2O7S/c1-14(21-30(27,28)19-11-7-6-10-17(19)22(25)26)18(23)13-16(20(24)29-2)12-15-8-4-3-5-9-15/h6-7,10-11,14-16,21H,3-5,8-9,12-13H2,1-2H3/t14-,16+/m0/s1. The first-order chi connectivity index (χ1) is 14.2. The number of carbonyl (C=O) groups excluding carboxylic acids is 2. The van der Waals surface area contributed by atoms with Gasteiger partial charge in [-0.1, -0.05) is 44.2 Å². The van der Waals surface area contributed by atoms with Gasteiger partial charge in [0.1, 0.15) is 0 Å². The summed E-state index contributed by atoms with van der Waals surface area (Å²) < 4.78 is 32.3. The monoisotopic (exact) mass is 440 g/mol. The molecule has 0 unspecified atom stereocenters. The van der Waals surface area contributed by atoms with Gasteiger partial charge in [0.15, 0.2) is 10.7 Å². The van der Waals surface area contributed by atoms with Gasteiger partial charge in [-0.05, 0) is 25.3 Å². The number of carbonyl (C=O) groups is 2. The van der Waals surface area contributed by atoms with Crippen molar-refractivity contribution in [2.75, 3.05) is 7.11 Å². The van der Waals surface area contributed by atoms with Gasteiger partial charge in [-0.3, -0.25) is 19.7 Å². The molecule has 1 fully saturated rings. The number of sulfonamides is 1. The summed E-state index contributed by atoms with van der Waals surface area (Å²) in [5, 5.41) is 11.1. The predicted octanol–water partition coefficient (Wildman–Crippen LogP) is 2.98. The molecule has 2 rings (SSSR count). The number of nitrogens with one attached hydrogen (secondary N) is 1. The van der Waals surface area contributed by atoms with E-state index in [-0.39, 0.29) is 6.42 Å². The van der Waals surface area contributed by atoms with Crippen molar-refractivity contribution in [2.24, 2.45) is 11.8 Å². The molecule has 0 heterocycles. The number of ether oxygens (including phenoxy) is 1. The third kappa shape index (κ3) is 6.33. The quantitative estimate of drug-likeness (QED) is 0.336. The maximum atomic E-state index is 12.7. The Morgan fingerprint density at radius 2 is 1.87 bits per heavy atom. The van der Waals surface area contributed by atoms with Crippen molar-refractivity contribution in [1.82, 2.24) is 4.72 Å². The van der Waals surface area contributed by atoms with E-state index in [0.29, 0.717) is 12.3 Å². The van der Waals surface area contributed by atoms with Crippen molar-refractivity contribution in [3.05, 3.63) is 34.4 Å². The number of Topliss-reactive ketones (excluding diaryl/α,β-unsaturated/α-hetero) is 1. The van der Waals surface area contributed by atoms with Crippen LogP contribution in [0.25, 0.3) is 0 Å². The molecule has 1 aliphatic carbocycles. The Morgan fingerprint density at radius 3 is 2.47 bits per heavy atom. The molecule has 0 spiro atoms. The molecule has 1 aromatic rings. The van der Waals surface area contributed by atoms with Gasteiger partial charge in [0.2, 0.25) is 10.0 Å². The zero-order chi connectivity index (χ0) is 22.3. The average Bonchev–Trinajstić information content (AvgIpc) is 2.73. The predicted molar refractivity (Wildman–Crippen MR) is 109 cm³/mol. The Hall–Kier alpha value is -2.33. The first-order valence-electron chi connectivity index (χ1n) is 10.0. The molecule has 30 heavy (non-hydrogen) atoms. The zero-order valence-corrected chi connectivity index (χ0v) is 18.0. The molecule has 1 saturated carbocycles. The maximum Gasteiger partial charge on any atom is 0.309 e. The molecule has 9 nitrogen and oxygen atoms in total. The van der Waals surface area contributed by atoms with Gasteiger partial charge in [-0.15, -0.1) is 0 Å². The topological polar surface area (TPSA) is 133 Å². The van der Waals surface area contributed by atoms with Crippen molar-refractivity contribution in [1.29, 1.82) is 0 Å². The number of hydrogen-bond donors (Lipinski definition) is 1. The van der Waals surface area contributed by atoms with Gasteiger partial charge in [0.25, 0.3) is 5.69 Å². The molecule has 0 saturated heterocycles. The zero-order valence-electron chi connectivity index (χ0n) is 17.2. The fourth-order valence-electron chi connectivity index (χ4n) is 3.87. The maximum absolute atomic E-state index is 12.7. The Kier molecular flexibility index (Phi) is 8.48. The number of ketones is 1. The van der Waals surface area contributed by atoms with Gasteiger partial charge in [-0.2, -0.15) is 0 Å². The van der Waals surface area contributed by atoms with Crippen LogP contribution in [0.2, 0.25) is 0 Å². The summed E-state index contributed by atoms with van der Waals surface area (Å²) in [6.07, 6.45) is 5.74. The van der Waals surface area contributed by atoms with E-state index < -0.39 is 49.2 Å². The number of benzene rings is 1. The molecule has 10 heteroatoms.